The van der Waals surface area contributed by atoms with Gasteiger partial charge >= 0.3 is 0 Å². The Balaban J connectivity index is -0.0000000717. The summed E-state index contributed by atoms with van der Waals surface area (Å²) in [5.41, 5.74) is 1.11. The lowest BCUT2D eigenvalue weighted by Gasteiger charge is -1.76. The molecule has 0 amide bonds. The van der Waals surface area contributed by atoms with Gasteiger partial charge in [-0.1, -0.05) is 56.4 Å². The predicted octanol–water partition coefficient (Wildman–Crippen LogP) is 6.21. The third-order valence-corrected chi connectivity index (χ3v) is 1.91. The molecule has 6 heteroatoms. The smallest absolute Gasteiger partial charge is 0.102 e. The van der Waals surface area contributed by atoms with Crippen LogP contribution in [0.1, 0.15) is 67.9 Å². The number of nitrogens with one attached hydrogen (secondary N) is 2. The van der Waals surface area contributed by atoms with Crippen molar-refractivity contribution in [2.24, 2.45) is 7.05 Å². The van der Waals surface area contributed by atoms with Crippen LogP contribution in [0.4, 0.5) is 0 Å². The highest BCUT2D eigenvalue weighted by Gasteiger charge is 1.74. The Labute approximate surface area is 162 Å². The van der Waals surface area contributed by atoms with Crippen molar-refractivity contribution < 1.29 is 0 Å². The Morgan fingerprint density at radius 3 is 1.54 bits per heavy atom. The van der Waals surface area contributed by atoms with Crippen LogP contribution in [0.2, 0.25) is 0 Å². The minimum atomic E-state index is 0. The number of hydrogen-bond acceptors (Lipinski definition) is 3. The molecule has 6 nitrogen and oxygen atoms in total. The molecule has 0 saturated carbocycles. The van der Waals surface area contributed by atoms with Crippen molar-refractivity contribution >= 4 is 0 Å². The van der Waals surface area contributed by atoms with Crippen molar-refractivity contribution in [3.63, 3.8) is 0 Å². The molecule has 0 saturated heterocycles. The molecule has 0 bridgehead atoms. The largest absolute Gasteiger partial charge is 0.349 e. The molecule has 0 radical (unpaired) electrons. The first-order chi connectivity index (χ1) is 11.7. The van der Waals surface area contributed by atoms with Gasteiger partial charge in [0, 0.05) is 43.7 Å². The monoisotopic (exact) mass is 368 g/mol. The lowest BCUT2D eigenvalue weighted by Crippen LogP contribution is -1.76. The lowest BCUT2D eigenvalue weighted by atomic mass is 10.6. The Hall–Kier alpha value is -2.37. The van der Waals surface area contributed by atoms with Crippen LogP contribution in [0.15, 0.2) is 43.6 Å². The lowest BCUT2D eigenvalue weighted by molar-refractivity contribution is 0.913. The molecule has 3 aromatic heterocycles. The molecule has 0 aromatic carbocycles. The van der Waals surface area contributed by atoms with Crippen LogP contribution in [-0.2, 0) is 7.05 Å². The van der Waals surface area contributed by atoms with Gasteiger partial charge in [0.25, 0.3) is 0 Å². The van der Waals surface area contributed by atoms with Gasteiger partial charge in [0.2, 0.25) is 0 Å². The Morgan fingerprint density at radius 2 is 1.42 bits per heavy atom. The number of H-pyrrole nitrogens is 2. The second kappa shape index (κ2) is 30.5. The van der Waals surface area contributed by atoms with E-state index in [-0.39, 0.29) is 14.9 Å². The average molecular weight is 369 g/mol. The van der Waals surface area contributed by atoms with E-state index in [1.54, 1.807) is 37.4 Å². The van der Waals surface area contributed by atoms with Crippen LogP contribution in [0.25, 0.3) is 0 Å². The quantitative estimate of drug-likeness (QED) is 0.495. The fourth-order valence-electron chi connectivity index (χ4n) is 0.995. The molecular weight excluding hydrogens is 324 g/mol. The maximum Gasteiger partial charge on any atom is 0.102 e. The first kappa shape index (κ1) is 34.9. The first-order valence-corrected chi connectivity index (χ1v) is 8.51. The minimum absolute atomic E-state index is 0. The van der Waals surface area contributed by atoms with Gasteiger partial charge in [-0.25, -0.2) is 15.0 Å². The van der Waals surface area contributed by atoms with Crippen molar-refractivity contribution in [2.75, 3.05) is 0 Å². The summed E-state index contributed by atoms with van der Waals surface area (Å²) in [6.45, 7) is 15.9. The topological polar surface area (TPSA) is 75.2 Å². The van der Waals surface area contributed by atoms with Crippen LogP contribution in [0, 0.1) is 13.8 Å². The number of aryl methyl sites for hydroxylation is 3. The zero-order valence-electron chi connectivity index (χ0n) is 16.8. The predicted molar refractivity (Wildman–Crippen MR) is 117 cm³/mol. The Morgan fingerprint density at radius 1 is 0.846 bits per heavy atom. The molecule has 0 aliphatic carbocycles. The minimum Gasteiger partial charge on any atom is -0.349 e. The molecule has 2 N–H and O–H groups in total. The highest BCUT2D eigenvalue weighted by Crippen LogP contribution is 1.81. The molecule has 0 spiro atoms. The van der Waals surface area contributed by atoms with Crippen LogP contribution < -0.4 is 0 Å². The van der Waals surface area contributed by atoms with Crippen LogP contribution in [-0.4, -0.2) is 29.5 Å². The van der Waals surface area contributed by atoms with Gasteiger partial charge in [-0.2, -0.15) is 0 Å². The zero-order chi connectivity index (χ0) is 19.2. The van der Waals surface area contributed by atoms with Gasteiger partial charge in [-0.3, -0.25) is 0 Å². The average Bonchev–Trinajstić information content (AvgIpc) is 3.40. The molecule has 3 heterocycles. The number of imidazole rings is 3. The number of rotatable bonds is 0. The van der Waals surface area contributed by atoms with E-state index in [1.165, 1.54) is 0 Å². The molecule has 26 heavy (non-hydrogen) atoms. The molecular formula is C20H44N6. The summed E-state index contributed by atoms with van der Waals surface area (Å²) in [5, 5.41) is 0. The normalized spacial score (nSPS) is 6.81. The Bertz CT molecular complexity index is 408. The summed E-state index contributed by atoms with van der Waals surface area (Å²) in [6.07, 6.45) is 12.4. The molecule has 0 aliphatic heterocycles. The second-order valence-corrected chi connectivity index (χ2v) is 3.64. The van der Waals surface area contributed by atoms with Crippen LogP contribution in [0.3, 0.4) is 0 Å². The second-order valence-electron chi connectivity index (χ2n) is 3.64. The van der Waals surface area contributed by atoms with Gasteiger partial charge < -0.3 is 14.5 Å². The summed E-state index contributed by atoms with van der Waals surface area (Å²) in [5.74, 6) is 0.968. The maximum atomic E-state index is 3.86. The summed E-state index contributed by atoms with van der Waals surface area (Å²) < 4.78 is 1.89. The summed E-state index contributed by atoms with van der Waals surface area (Å²) in [6, 6.07) is 0. The van der Waals surface area contributed by atoms with E-state index in [9.17, 15) is 0 Å². The third kappa shape index (κ3) is 26.5. The van der Waals surface area contributed by atoms with Crippen molar-refractivity contribution in [3.05, 3.63) is 55.2 Å². The van der Waals surface area contributed by atoms with Gasteiger partial charge in [-0.15, -0.1) is 0 Å². The van der Waals surface area contributed by atoms with Crippen LogP contribution >= 0.6 is 0 Å². The molecule has 0 aliphatic rings. The van der Waals surface area contributed by atoms with E-state index in [0.717, 1.165) is 11.5 Å². The fraction of sp³-hybridized carbons (Fsp3) is 0.550. The molecule has 0 unspecified atom stereocenters. The number of nitrogens with zero attached hydrogens (tertiary/aromatic N) is 4. The highest BCUT2D eigenvalue weighted by molar-refractivity contribution is 4.87. The summed E-state index contributed by atoms with van der Waals surface area (Å²) in [4.78, 5) is 17.2. The number of hydrogen-bond donors (Lipinski definition) is 2. The van der Waals surface area contributed by atoms with E-state index >= 15 is 0 Å². The molecule has 154 valence electrons. The van der Waals surface area contributed by atoms with E-state index in [2.05, 4.69) is 24.9 Å². The summed E-state index contributed by atoms with van der Waals surface area (Å²) in [7, 11) is 1.94. The van der Waals surface area contributed by atoms with E-state index in [0.29, 0.717) is 0 Å². The van der Waals surface area contributed by atoms with E-state index in [4.69, 9.17) is 0 Å². The van der Waals surface area contributed by atoms with Crippen LogP contribution in [0.5, 0.6) is 0 Å². The van der Waals surface area contributed by atoms with Gasteiger partial charge in [0.15, 0.2) is 0 Å². The standard InChI is InChI=1S/3C4H6N2.3C2H6.2CH4/c1-4-2-5-3-6-4;1-6-3-2-5-4-6;1-4-5-2-3-6-4;3*1-2;;/h2-3H,1H3,(H,5,6);2-4H,1H3;2-3H,1H3,(H,5,6);3*1-2H3;2*1H4. The maximum absolute atomic E-state index is 3.86. The number of aromatic nitrogens is 6. The van der Waals surface area contributed by atoms with Gasteiger partial charge in [-0.05, 0) is 13.8 Å². The highest BCUT2D eigenvalue weighted by atomic mass is 15.0. The van der Waals surface area contributed by atoms with Crippen molar-refractivity contribution in [1.29, 1.82) is 0 Å². The fourth-order valence-corrected chi connectivity index (χ4v) is 0.995. The van der Waals surface area contributed by atoms with E-state index in [1.807, 2.05) is 73.2 Å². The van der Waals surface area contributed by atoms with Gasteiger partial charge in [0.05, 0.1) is 12.7 Å². The number of aromatic amines is 2. The van der Waals surface area contributed by atoms with Crippen molar-refractivity contribution in [3.8, 4) is 0 Å². The zero-order valence-corrected chi connectivity index (χ0v) is 16.8. The van der Waals surface area contributed by atoms with E-state index < -0.39 is 0 Å². The first-order valence-electron chi connectivity index (χ1n) is 8.51. The van der Waals surface area contributed by atoms with Gasteiger partial charge in [0.1, 0.15) is 5.82 Å². The third-order valence-electron chi connectivity index (χ3n) is 1.91. The summed E-state index contributed by atoms with van der Waals surface area (Å²) >= 11 is 0. The molecule has 0 atom stereocenters. The molecule has 0 fully saturated rings. The SMILES string of the molecule is C.C.CC.CC.CC.Cc1cnc[nH]1.Cc1ncc[nH]1.Cn1ccnc1. The molecule has 3 aromatic rings. The van der Waals surface area contributed by atoms with Crippen molar-refractivity contribution in [2.45, 2.75) is 70.2 Å². The van der Waals surface area contributed by atoms with Crippen molar-refractivity contribution in [1.82, 2.24) is 29.5 Å². The Kier molecular flexibility index (Phi) is 40.9. The molecule has 3 rings (SSSR count).